The first-order chi connectivity index (χ1) is 10.2. The van der Waals surface area contributed by atoms with Gasteiger partial charge < -0.3 is 14.8 Å². The van der Waals surface area contributed by atoms with Crippen molar-refractivity contribution in [1.82, 2.24) is 5.32 Å². The average Bonchev–Trinajstić information content (AvgIpc) is 2.51. The first-order valence-electron chi connectivity index (χ1n) is 7.32. The molecule has 0 fully saturated rings. The Kier molecular flexibility index (Phi) is 3.84. The first kappa shape index (κ1) is 14.0. The van der Waals surface area contributed by atoms with Gasteiger partial charge >= 0.3 is 0 Å². The van der Waals surface area contributed by atoms with Gasteiger partial charge in [0.1, 0.15) is 6.61 Å². The Bertz CT molecular complexity index is 639. The van der Waals surface area contributed by atoms with Gasteiger partial charge in [-0.2, -0.15) is 0 Å². The summed E-state index contributed by atoms with van der Waals surface area (Å²) in [6.45, 7) is 4.80. The molecule has 21 heavy (non-hydrogen) atoms. The van der Waals surface area contributed by atoms with E-state index in [4.69, 9.17) is 9.47 Å². The summed E-state index contributed by atoms with van der Waals surface area (Å²) in [7, 11) is 1.97. The van der Waals surface area contributed by atoms with Crippen LogP contribution in [0.25, 0.3) is 0 Å². The lowest BCUT2D eigenvalue weighted by Gasteiger charge is -2.33. The molecule has 0 spiro atoms. The first-order valence-corrected chi connectivity index (χ1v) is 7.32. The van der Waals surface area contributed by atoms with Crippen LogP contribution in [0, 0.1) is 13.8 Å². The molecule has 2 aromatic carbocycles. The zero-order valence-corrected chi connectivity index (χ0v) is 12.7. The van der Waals surface area contributed by atoms with Crippen molar-refractivity contribution in [2.24, 2.45) is 0 Å². The second-order valence-corrected chi connectivity index (χ2v) is 5.54. The Morgan fingerprint density at radius 2 is 1.86 bits per heavy atom. The number of rotatable bonds is 3. The summed E-state index contributed by atoms with van der Waals surface area (Å²) in [6, 6.07) is 14.5. The summed E-state index contributed by atoms with van der Waals surface area (Å²) >= 11 is 0. The number of nitrogens with one attached hydrogen (secondary N) is 1. The highest BCUT2D eigenvalue weighted by Gasteiger charge is 2.29. The number of ether oxygens (including phenoxy) is 2. The smallest absolute Gasteiger partial charge is 0.161 e. The standard InChI is InChI=1S/C18H21NO2/c1-12-8-9-13(2)14(10-12)18(19-3)17-11-20-15-6-4-5-7-16(15)21-17/h4-10,17-19H,11H2,1-3H3. The van der Waals surface area contributed by atoms with E-state index in [0.29, 0.717) is 6.61 Å². The average molecular weight is 283 g/mol. The van der Waals surface area contributed by atoms with Crippen molar-refractivity contribution in [3.05, 3.63) is 59.2 Å². The van der Waals surface area contributed by atoms with Crippen LogP contribution < -0.4 is 14.8 Å². The van der Waals surface area contributed by atoms with E-state index in [2.05, 4.69) is 37.4 Å². The van der Waals surface area contributed by atoms with E-state index in [9.17, 15) is 0 Å². The maximum absolute atomic E-state index is 6.15. The van der Waals surface area contributed by atoms with Crippen molar-refractivity contribution in [3.63, 3.8) is 0 Å². The van der Waals surface area contributed by atoms with Crippen molar-refractivity contribution in [2.45, 2.75) is 26.0 Å². The third-order valence-corrected chi connectivity index (χ3v) is 3.98. The molecule has 0 bridgehead atoms. The van der Waals surface area contributed by atoms with Gasteiger partial charge in [0.2, 0.25) is 0 Å². The molecule has 2 aromatic rings. The van der Waals surface area contributed by atoms with E-state index in [1.807, 2.05) is 31.3 Å². The normalized spacial score (nSPS) is 18.3. The molecule has 0 amide bonds. The van der Waals surface area contributed by atoms with Gasteiger partial charge in [0.25, 0.3) is 0 Å². The van der Waals surface area contributed by atoms with Gasteiger partial charge in [0, 0.05) is 0 Å². The van der Waals surface area contributed by atoms with Crippen LogP contribution in [0.5, 0.6) is 11.5 Å². The lowest BCUT2D eigenvalue weighted by molar-refractivity contribution is 0.0636. The number of hydrogen-bond donors (Lipinski definition) is 1. The predicted octanol–water partition coefficient (Wildman–Crippen LogP) is 3.40. The molecule has 0 radical (unpaired) electrons. The van der Waals surface area contributed by atoms with Gasteiger partial charge in [0.15, 0.2) is 17.6 Å². The quantitative estimate of drug-likeness (QED) is 0.936. The number of likely N-dealkylation sites (N-methyl/N-ethyl adjacent to an activating group) is 1. The van der Waals surface area contributed by atoms with Crippen LogP contribution in [0.15, 0.2) is 42.5 Å². The zero-order chi connectivity index (χ0) is 14.8. The highest BCUT2D eigenvalue weighted by Crippen LogP contribution is 2.35. The Labute approximate surface area is 125 Å². The molecular formula is C18H21NO2. The van der Waals surface area contributed by atoms with Crippen molar-refractivity contribution in [2.75, 3.05) is 13.7 Å². The summed E-state index contributed by atoms with van der Waals surface area (Å²) in [4.78, 5) is 0. The van der Waals surface area contributed by atoms with Gasteiger partial charge in [-0.1, -0.05) is 35.9 Å². The van der Waals surface area contributed by atoms with E-state index >= 15 is 0 Å². The van der Waals surface area contributed by atoms with Gasteiger partial charge in [-0.05, 0) is 44.2 Å². The predicted molar refractivity (Wildman–Crippen MR) is 84.1 cm³/mol. The molecule has 1 aliphatic rings. The maximum atomic E-state index is 6.15. The van der Waals surface area contributed by atoms with E-state index in [1.165, 1.54) is 16.7 Å². The van der Waals surface area contributed by atoms with Crippen molar-refractivity contribution in [3.8, 4) is 11.5 Å². The summed E-state index contributed by atoms with van der Waals surface area (Å²) in [6.07, 6.45) is -0.0367. The molecule has 3 nitrogen and oxygen atoms in total. The summed E-state index contributed by atoms with van der Waals surface area (Å²) in [5.41, 5.74) is 3.79. The number of hydrogen-bond acceptors (Lipinski definition) is 3. The van der Waals surface area contributed by atoms with Gasteiger partial charge in [0.05, 0.1) is 6.04 Å². The fraction of sp³-hybridized carbons (Fsp3) is 0.333. The van der Waals surface area contributed by atoms with Gasteiger partial charge in [-0.15, -0.1) is 0 Å². The monoisotopic (exact) mass is 283 g/mol. The van der Waals surface area contributed by atoms with Crippen LogP contribution in [0.1, 0.15) is 22.7 Å². The number of benzene rings is 2. The third-order valence-electron chi connectivity index (χ3n) is 3.98. The maximum Gasteiger partial charge on any atom is 0.161 e. The highest BCUT2D eigenvalue weighted by molar-refractivity contribution is 5.41. The minimum Gasteiger partial charge on any atom is -0.486 e. The molecule has 2 unspecified atom stereocenters. The van der Waals surface area contributed by atoms with Crippen molar-refractivity contribution >= 4 is 0 Å². The Hall–Kier alpha value is -2.00. The number of aryl methyl sites for hydroxylation is 2. The van der Waals surface area contributed by atoms with E-state index < -0.39 is 0 Å². The van der Waals surface area contributed by atoms with Crippen LogP contribution in [0.3, 0.4) is 0 Å². The molecule has 1 N–H and O–H groups in total. The lowest BCUT2D eigenvalue weighted by atomic mass is 9.95. The summed E-state index contributed by atoms with van der Waals surface area (Å²) in [5, 5.41) is 3.38. The molecule has 0 aromatic heterocycles. The van der Waals surface area contributed by atoms with E-state index in [-0.39, 0.29) is 12.1 Å². The molecule has 0 saturated heterocycles. The van der Waals surface area contributed by atoms with Gasteiger partial charge in [-0.25, -0.2) is 0 Å². The Morgan fingerprint density at radius 3 is 2.62 bits per heavy atom. The van der Waals surface area contributed by atoms with Crippen LogP contribution >= 0.6 is 0 Å². The van der Waals surface area contributed by atoms with Crippen LogP contribution in [0.2, 0.25) is 0 Å². The minimum atomic E-state index is -0.0367. The van der Waals surface area contributed by atoms with Gasteiger partial charge in [-0.3, -0.25) is 0 Å². The number of para-hydroxylation sites is 2. The topological polar surface area (TPSA) is 30.5 Å². The van der Waals surface area contributed by atoms with Crippen molar-refractivity contribution < 1.29 is 9.47 Å². The largest absolute Gasteiger partial charge is 0.486 e. The zero-order valence-electron chi connectivity index (χ0n) is 12.7. The fourth-order valence-corrected chi connectivity index (χ4v) is 2.84. The lowest BCUT2D eigenvalue weighted by Crippen LogP contribution is -2.40. The molecule has 1 aliphatic heterocycles. The second-order valence-electron chi connectivity index (χ2n) is 5.54. The van der Waals surface area contributed by atoms with E-state index in [1.54, 1.807) is 0 Å². The Balaban J connectivity index is 1.90. The summed E-state index contributed by atoms with van der Waals surface area (Å²) in [5.74, 6) is 1.64. The molecule has 0 saturated carbocycles. The van der Waals surface area contributed by atoms with E-state index in [0.717, 1.165) is 11.5 Å². The van der Waals surface area contributed by atoms with Crippen LogP contribution in [-0.4, -0.2) is 19.8 Å². The highest BCUT2D eigenvalue weighted by atomic mass is 16.6. The van der Waals surface area contributed by atoms with Crippen LogP contribution in [-0.2, 0) is 0 Å². The minimum absolute atomic E-state index is 0.0367. The fourth-order valence-electron chi connectivity index (χ4n) is 2.84. The molecule has 1 heterocycles. The SMILES string of the molecule is CNC(c1cc(C)ccc1C)C1COc2ccccc2O1. The summed E-state index contributed by atoms with van der Waals surface area (Å²) < 4.78 is 12.0. The Morgan fingerprint density at radius 1 is 1.10 bits per heavy atom. The molecule has 2 atom stereocenters. The third kappa shape index (κ3) is 2.74. The molecule has 110 valence electrons. The molecule has 0 aliphatic carbocycles. The molecular weight excluding hydrogens is 262 g/mol. The van der Waals surface area contributed by atoms with Crippen LogP contribution in [0.4, 0.5) is 0 Å². The van der Waals surface area contributed by atoms with Crippen molar-refractivity contribution in [1.29, 1.82) is 0 Å². The molecule has 3 rings (SSSR count). The molecule has 3 heteroatoms. The second kappa shape index (κ2) is 5.78. The number of fused-ring (bicyclic) bond motifs is 1.